The first-order valence-corrected chi connectivity index (χ1v) is 21.8. The summed E-state index contributed by atoms with van der Waals surface area (Å²) in [6, 6.07) is 13.4. The molecule has 0 unspecified atom stereocenters. The molecule has 0 aliphatic heterocycles. The molecule has 2 aromatic carbocycles. The summed E-state index contributed by atoms with van der Waals surface area (Å²) in [7, 11) is -5.78. The number of hydrogen-bond acceptors (Lipinski definition) is 11. The van der Waals surface area contributed by atoms with Gasteiger partial charge in [0, 0.05) is 12.6 Å². The van der Waals surface area contributed by atoms with Crippen molar-refractivity contribution in [2.24, 2.45) is 0 Å². The highest BCUT2D eigenvalue weighted by molar-refractivity contribution is 7.85. The number of halogens is 1. The topological polar surface area (TPSA) is 128 Å². The van der Waals surface area contributed by atoms with Crippen LogP contribution < -0.4 is 9.47 Å². The van der Waals surface area contributed by atoms with Crippen molar-refractivity contribution in [1.29, 1.82) is 0 Å². The molecular formula is C36H58FNO11SSi. The fourth-order valence-corrected chi connectivity index (χ4v) is 5.80. The number of hydrogen-bond donors (Lipinski definition) is 0. The van der Waals surface area contributed by atoms with Crippen LogP contribution in [0.1, 0.15) is 47.1 Å². The van der Waals surface area contributed by atoms with E-state index in [1.807, 2.05) is 39.0 Å². The van der Waals surface area contributed by atoms with Crippen LogP contribution in [-0.2, 0) is 44.3 Å². The molecule has 0 saturated heterocycles. The molecule has 0 N–H and O–H groups in total. The minimum Gasteiger partial charge on any atom is -0.491 e. The fraction of sp³-hybridized carbons (Fsp3) is 0.639. The molecule has 0 fully saturated rings. The van der Waals surface area contributed by atoms with Gasteiger partial charge in [-0.15, -0.1) is 0 Å². The smallest absolute Gasteiger partial charge is 0.410 e. The molecule has 2 aromatic rings. The van der Waals surface area contributed by atoms with E-state index in [1.165, 1.54) is 12.1 Å². The van der Waals surface area contributed by atoms with Crippen molar-refractivity contribution in [3.63, 3.8) is 0 Å². The first kappa shape index (κ1) is 44.4. The quantitative estimate of drug-likeness (QED) is 0.0706. The molecule has 12 nitrogen and oxygen atoms in total. The van der Waals surface area contributed by atoms with E-state index in [4.69, 9.17) is 32.8 Å². The molecule has 0 aliphatic rings. The van der Waals surface area contributed by atoms with Gasteiger partial charge in [0.1, 0.15) is 36.1 Å². The molecule has 0 aliphatic carbocycles. The molecule has 1 amide bonds. The Bertz CT molecular complexity index is 1410. The molecule has 0 bridgehead atoms. The largest absolute Gasteiger partial charge is 0.491 e. The Balaban J connectivity index is 2.00. The third-order valence-electron chi connectivity index (χ3n) is 7.68. The van der Waals surface area contributed by atoms with E-state index in [-0.39, 0.29) is 63.6 Å². The predicted octanol–water partition coefficient (Wildman–Crippen LogP) is 6.44. The van der Waals surface area contributed by atoms with Crippen LogP contribution in [-0.4, -0.2) is 112 Å². The van der Waals surface area contributed by atoms with Crippen molar-refractivity contribution < 1.29 is 54.6 Å². The third kappa shape index (κ3) is 19.6. The van der Waals surface area contributed by atoms with Gasteiger partial charge in [-0.25, -0.2) is 9.18 Å². The monoisotopic (exact) mass is 759 g/mol. The van der Waals surface area contributed by atoms with Crippen molar-refractivity contribution in [3.8, 4) is 11.5 Å². The zero-order valence-corrected chi connectivity index (χ0v) is 33.5. The lowest BCUT2D eigenvalue weighted by molar-refractivity contribution is -0.00795. The minimum absolute atomic E-state index is 0.0494. The van der Waals surface area contributed by atoms with E-state index >= 15 is 0 Å². The number of benzene rings is 2. The van der Waals surface area contributed by atoms with Gasteiger partial charge in [-0.2, -0.15) is 8.42 Å². The third-order valence-corrected chi connectivity index (χ3v) is 12.8. The molecule has 0 saturated carbocycles. The number of amides is 1. The SMILES string of the molecule is CC(C)(C)OC(=O)N(CCOCCOCCOCCOS(C)(=O)=O)C[C@H](COc1cccc(OCc2ccc(F)cc2)c1)O[Si](C)(C)C(C)(C)C. The zero-order chi connectivity index (χ0) is 38.1. The van der Waals surface area contributed by atoms with Crippen LogP contribution in [0, 0.1) is 5.82 Å². The van der Waals surface area contributed by atoms with E-state index in [0.29, 0.717) is 31.3 Å². The van der Waals surface area contributed by atoms with Gasteiger partial charge in [0.15, 0.2) is 8.32 Å². The predicted molar refractivity (Wildman–Crippen MR) is 196 cm³/mol. The van der Waals surface area contributed by atoms with Crippen LogP contribution in [0.25, 0.3) is 0 Å². The molecule has 0 spiro atoms. The highest BCUT2D eigenvalue weighted by Crippen LogP contribution is 2.37. The van der Waals surface area contributed by atoms with E-state index in [1.54, 1.807) is 23.1 Å². The normalized spacial score (nSPS) is 13.1. The zero-order valence-electron chi connectivity index (χ0n) is 31.7. The van der Waals surface area contributed by atoms with E-state index in [0.717, 1.165) is 11.8 Å². The lowest BCUT2D eigenvalue weighted by Crippen LogP contribution is -2.51. The van der Waals surface area contributed by atoms with Gasteiger partial charge in [0.25, 0.3) is 10.1 Å². The lowest BCUT2D eigenvalue weighted by Gasteiger charge is -2.40. The highest BCUT2D eigenvalue weighted by atomic mass is 32.2. The molecule has 51 heavy (non-hydrogen) atoms. The molecule has 0 aromatic heterocycles. The van der Waals surface area contributed by atoms with Crippen LogP contribution >= 0.6 is 0 Å². The number of rotatable bonds is 23. The van der Waals surface area contributed by atoms with Crippen molar-refractivity contribution >= 4 is 24.5 Å². The van der Waals surface area contributed by atoms with Gasteiger partial charge < -0.3 is 37.7 Å². The van der Waals surface area contributed by atoms with E-state index in [9.17, 15) is 17.6 Å². The Hall–Kier alpha value is -2.79. The van der Waals surface area contributed by atoms with Crippen LogP contribution in [0.5, 0.6) is 11.5 Å². The second-order valence-corrected chi connectivity index (χ2v) is 20.9. The Morgan fingerprint density at radius 3 is 1.92 bits per heavy atom. The Labute approximate surface area is 305 Å². The van der Waals surface area contributed by atoms with Gasteiger partial charge in [0.05, 0.1) is 65.2 Å². The summed E-state index contributed by atoms with van der Waals surface area (Å²) in [6.07, 6.45) is 0.0183. The molecular weight excluding hydrogens is 702 g/mol. The fourth-order valence-electron chi connectivity index (χ4n) is 4.10. The second kappa shape index (κ2) is 21.0. The second-order valence-electron chi connectivity index (χ2n) is 14.5. The van der Waals surface area contributed by atoms with Crippen molar-refractivity contribution in [2.45, 2.75) is 78.0 Å². The van der Waals surface area contributed by atoms with Gasteiger partial charge in [-0.05, 0) is 68.7 Å². The van der Waals surface area contributed by atoms with Gasteiger partial charge in [-0.1, -0.05) is 39.0 Å². The Morgan fingerprint density at radius 1 is 0.824 bits per heavy atom. The number of ether oxygens (including phenoxy) is 6. The highest BCUT2D eigenvalue weighted by Gasteiger charge is 2.40. The molecule has 0 heterocycles. The summed E-state index contributed by atoms with van der Waals surface area (Å²) < 4.78 is 81.1. The van der Waals surface area contributed by atoms with Crippen LogP contribution in [0.2, 0.25) is 18.1 Å². The summed E-state index contributed by atoms with van der Waals surface area (Å²) in [5.74, 6) is 0.876. The first-order chi connectivity index (χ1) is 23.7. The average Bonchev–Trinajstić information content (AvgIpc) is 3.01. The van der Waals surface area contributed by atoms with Crippen molar-refractivity contribution in [2.75, 3.05) is 72.2 Å². The Kier molecular flexibility index (Phi) is 18.3. The number of nitrogens with zero attached hydrogens (tertiary/aromatic N) is 1. The summed E-state index contributed by atoms with van der Waals surface area (Å²) in [6.45, 7) is 18.7. The number of carbonyl (C=O) groups excluding carboxylic acids is 1. The van der Waals surface area contributed by atoms with Gasteiger partial charge >= 0.3 is 6.09 Å². The molecule has 2 rings (SSSR count). The minimum atomic E-state index is -3.49. The first-order valence-electron chi connectivity index (χ1n) is 17.1. The molecule has 15 heteroatoms. The average molecular weight is 760 g/mol. The summed E-state index contributed by atoms with van der Waals surface area (Å²) in [5, 5.41) is -0.0891. The molecule has 290 valence electrons. The van der Waals surface area contributed by atoms with Crippen LogP contribution in [0.4, 0.5) is 9.18 Å². The summed E-state index contributed by atoms with van der Waals surface area (Å²) in [5.41, 5.74) is 0.134. The van der Waals surface area contributed by atoms with Crippen LogP contribution in [0.3, 0.4) is 0 Å². The van der Waals surface area contributed by atoms with Crippen LogP contribution in [0.15, 0.2) is 48.5 Å². The summed E-state index contributed by atoms with van der Waals surface area (Å²) in [4.78, 5) is 15.0. The van der Waals surface area contributed by atoms with Gasteiger partial charge in [0.2, 0.25) is 0 Å². The van der Waals surface area contributed by atoms with Crippen molar-refractivity contribution in [3.05, 3.63) is 59.9 Å². The van der Waals surface area contributed by atoms with E-state index < -0.39 is 36.2 Å². The molecule has 1 atom stereocenters. The van der Waals surface area contributed by atoms with Gasteiger partial charge in [-0.3, -0.25) is 4.18 Å². The maximum absolute atomic E-state index is 13.4. The number of carbonyl (C=O) groups is 1. The lowest BCUT2D eigenvalue weighted by atomic mass is 10.2. The maximum Gasteiger partial charge on any atom is 0.410 e. The van der Waals surface area contributed by atoms with Crippen molar-refractivity contribution in [1.82, 2.24) is 4.90 Å². The Morgan fingerprint density at radius 2 is 1.37 bits per heavy atom. The summed E-state index contributed by atoms with van der Waals surface area (Å²) >= 11 is 0. The standard InChI is InChI=1S/C36H58FNO11SSi/c1-35(2,3)48-34(39)38(17-18-42-19-20-43-21-22-44-23-24-47-50(7,40)41)26-33(49-51(8,9)36(4,5)6)28-46-32-12-10-11-31(25-32)45-27-29-13-15-30(37)16-14-29/h10-16,25,33H,17-24,26-28H2,1-9H3/t33-/m1/s1. The van der Waals surface area contributed by atoms with E-state index in [2.05, 4.69) is 38.0 Å². The maximum atomic E-state index is 13.4. The molecule has 0 radical (unpaired) electrons.